The summed E-state index contributed by atoms with van der Waals surface area (Å²) in [7, 11) is 0. The van der Waals surface area contributed by atoms with Crippen LogP contribution in [0.4, 0.5) is 34.1 Å². The van der Waals surface area contributed by atoms with Crippen LogP contribution in [-0.2, 0) is 9.37 Å². The first-order chi connectivity index (χ1) is 23.6. The third kappa shape index (κ3) is 7.32. The molecular weight excluding hydrogens is 648 g/mol. The maximum absolute atomic E-state index is 11.1. The summed E-state index contributed by atoms with van der Waals surface area (Å²) in [5, 5.41) is 81.7. The van der Waals surface area contributed by atoms with Crippen molar-refractivity contribution in [2.45, 2.75) is 25.7 Å². The molecule has 0 heterocycles. The van der Waals surface area contributed by atoms with Gasteiger partial charge in [0.05, 0.1) is 34.8 Å². The average molecular weight is 677 g/mol. The van der Waals surface area contributed by atoms with Crippen molar-refractivity contribution in [2.75, 3.05) is 0 Å². The molecule has 0 aliphatic rings. The quantitative estimate of drug-likeness (QED) is 0.0328. The van der Waals surface area contributed by atoms with E-state index >= 15 is 0 Å². The highest BCUT2D eigenvalue weighted by molar-refractivity contribution is 7.94. The molecule has 0 aliphatic heterocycles. The molecule has 0 aromatic heterocycles. The second-order valence-corrected chi connectivity index (χ2v) is 11.8. The molecule has 0 amide bonds. The summed E-state index contributed by atoms with van der Waals surface area (Å²) >= 11 is 0.874. The van der Waals surface area contributed by atoms with Crippen molar-refractivity contribution in [3.8, 4) is 23.0 Å². The molecule has 0 radical (unpaired) electrons. The average Bonchev–Trinajstić information content (AvgIpc) is 3.08. The minimum Gasteiger partial charge on any atom is -0.506 e. The molecule has 6 aromatic rings. The van der Waals surface area contributed by atoms with Gasteiger partial charge in [-0.05, 0) is 120 Å². The largest absolute Gasteiger partial charge is 0.506 e. The Morgan fingerprint density at radius 2 is 1.14 bits per heavy atom. The predicted molar refractivity (Wildman–Crippen MR) is 185 cm³/mol. The third-order valence-electron chi connectivity index (χ3n) is 7.60. The molecular formula is C35H28N6O7S. The topological polar surface area (TPSA) is 194 Å². The van der Waals surface area contributed by atoms with Crippen LogP contribution in [-0.4, -0.2) is 25.7 Å². The van der Waals surface area contributed by atoms with Crippen molar-refractivity contribution in [3.05, 3.63) is 102 Å². The van der Waals surface area contributed by atoms with E-state index in [0.717, 1.165) is 33.3 Å². The van der Waals surface area contributed by atoms with Crippen LogP contribution in [0.1, 0.15) is 16.7 Å². The zero-order valence-corrected chi connectivity index (χ0v) is 27.0. The number of aromatic hydroxyl groups is 4. The van der Waals surface area contributed by atoms with Gasteiger partial charge in [-0.3, -0.25) is 0 Å². The smallest absolute Gasteiger partial charge is 0.159 e. The Morgan fingerprint density at radius 3 is 1.86 bits per heavy atom. The number of azo groups is 3. The number of phenolic OH excluding ortho intramolecular Hbond substituents is 4. The molecule has 0 spiro atoms. The number of phenols is 4. The summed E-state index contributed by atoms with van der Waals surface area (Å²) in [6.45, 7) is 5.55. The van der Waals surface area contributed by atoms with Crippen molar-refractivity contribution >= 4 is 67.7 Å². The van der Waals surface area contributed by atoms with Gasteiger partial charge in [-0.15, -0.1) is 14.6 Å². The monoisotopic (exact) mass is 676 g/mol. The van der Waals surface area contributed by atoms with E-state index < -0.39 is 0 Å². The molecule has 0 fully saturated rings. The minimum absolute atomic E-state index is 0.0853. The van der Waals surface area contributed by atoms with Crippen molar-refractivity contribution in [3.63, 3.8) is 0 Å². The van der Waals surface area contributed by atoms with E-state index in [2.05, 4.69) is 40.1 Å². The van der Waals surface area contributed by atoms with Gasteiger partial charge in [0.25, 0.3) is 0 Å². The van der Waals surface area contributed by atoms with Crippen molar-refractivity contribution in [1.29, 1.82) is 0 Å². The van der Waals surface area contributed by atoms with Gasteiger partial charge in [-0.25, -0.2) is 5.26 Å². The molecule has 0 unspecified atom stereocenters. The highest BCUT2D eigenvalue weighted by Gasteiger charge is 2.13. The second kappa shape index (κ2) is 14.0. The highest BCUT2D eigenvalue weighted by atomic mass is 32.2. The second-order valence-electron chi connectivity index (χ2n) is 11.1. The normalized spacial score (nSPS) is 12.0. The van der Waals surface area contributed by atoms with Gasteiger partial charge in [-0.2, -0.15) is 20.5 Å². The van der Waals surface area contributed by atoms with Gasteiger partial charge in [0.2, 0.25) is 0 Å². The van der Waals surface area contributed by atoms with Crippen molar-refractivity contribution < 1.29 is 35.1 Å². The van der Waals surface area contributed by atoms with E-state index in [4.69, 9.17) is 5.26 Å². The van der Waals surface area contributed by atoms with Crippen LogP contribution in [0.3, 0.4) is 0 Å². The number of hydrogen-bond donors (Lipinski definition) is 5. The van der Waals surface area contributed by atoms with E-state index in [9.17, 15) is 20.4 Å². The fourth-order valence-electron chi connectivity index (χ4n) is 5.13. The van der Waals surface area contributed by atoms with E-state index in [-0.39, 0.29) is 34.4 Å². The molecule has 0 aliphatic carbocycles. The molecule has 0 saturated heterocycles. The number of hydrogen-bond acceptors (Lipinski definition) is 14. The first-order valence-corrected chi connectivity index (χ1v) is 15.4. The standard InChI is InChI=1S/C35H28N6O7S/c1-18-11-26(49-48-47-46)15-22-14-24(4-7-27(18)22)38-39-29-17-32(43)30(12-19(29)2)40-41-34-20(3)10-21-13-23(5-8-28(21)35(34)45)36-37-25-6-9-31(42)33(44)16-25/h4-17,42-46H,1-3H3. The number of rotatable bonds is 9. The molecule has 0 atom stereocenters. The Hall–Kier alpha value is -5.93. The lowest BCUT2D eigenvalue weighted by Gasteiger charge is -2.09. The predicted octanol–water partition coefficient (Wildman–Crippen LogP) is 11.4. The van der Waals surface area contributed by atoms with E-state index in [1.165, 1.54) is 24.3 Å². The molecule has 6 aromatic carbocycles. The number of aryl methyl sites for hydroxylation is 3. The summed E-state index contributed by atoms with van der Waals surface area (Å²) in [5.41, 5.74) is 4.65. The lowest BCUT2D eigenvalue weighted by atomic mass is 10.0. The lowest BCUT2D eigenvalue weighted by molar-refractivity contribution is -0.432. The zero-order chi connectivity index (χ0) is 34.7. The van der Waals surface area contributed by atoms with Crippen LogP contribution in [0.2, 0.25) is 0 Å². The van der Waals surface area contributed by atoms with Crippen LogP contribution in [0.15, 0.2) is 121 Å². The summed E-state index contributed by atoms with van der Waals surface area (Å²) in [6.07, 6.45) is 0. The maximum Gasteiger partial charge on any atom is 0.159 e. The molecule has 6 rings (SSSR count). The Labute approximate surface area is 283 Å². The van der Waals surface area contributed by atoms with Crippen molar-refractivity contribution in [2.24, 2.45) is 30.7 Å². The van der Waals surface area contributed by atoms with E-state index in [0.29, 0.717) is 44.6 Å². The maximum atomic E-state index is 11.1. The van der Waals surface area contributed by atoms with Gasteiger partial charge in [0.15, 0.2) is 17.2 Å². The molecule has 0 bridgehead atoms. The molecule has 246 valence electrons. The molecule has 49 heavy (non-hydrogen) atoms. The van der Waals surface area contributed by atoms with Crippen LogP contribution in [0.5, 0.6) is 23.0 Å². The van der Waals surface area contributed by atoms with Crippen LogP contribution in [0, 0.1) is 20.8 Å². The van der Waals surface area contributed by atoms with Gasteiger partial charge in [-0.1, -0.05) is 11.1 Å². The van der Waals surface area contributed by atoms with Gasteiger partial charge in [0, 0.05) is 22.4 Å². The number of fused-ring (bicyclic) bond motifs is 2. The first-order valence-electron chi connectivity index (χ1n) is 14.7. The first kappa shape index (κ1) is 33.0. The van der Waals surface area contributed by atoms with Crippen LogP contribution < -0.4 is 0 Å². The molecule has 13 nitrogen and oxygen atoms in total. The van der Waals surface area contributed by atoms with Crippen molar-refractivity contribution in [1.82, 2.24) is 0 Å². The van der Waals surface area contributed by atoms with E-state index in [1.54, 1.807) is 38.1 Å². The highest BCUT2D eigenvalue weighted by Crippen LogP contribution is 2.42. The Bertz CT molecular complexity index is 2330. The third-order valence-corrected chi connectivity index (χ3v) is 8.16. The Balaban J connectivity index is 1.21. The fraction of sp³-hybridized carbons (Fsp3) is 0.0857. The molecule has 14 heteroatoms. The summed E-state index contributed by atoms with van der Waals surface area (Å²) in [5.74, 6) is -0.800. The van der Waals surface area contributed by atoms with Crippen LogP contribution in [0.25, 0.3) is 21.5 Å². The number of benzene rings is 6. The Morgan fingerprint density at radius 1 is 0.510 bits per heavy atom. The Kier molecular flexibility index (Phi) is 9.46. The van der Waals surface area contributed by atoms with E-state index in [1.807, 2.05) is 43.3 Å². The SMILES string of the molecule is Cc1cc(N=Nc2c(C)cc3cc(N=Nc4ccc(O)c(O)c4)ccc3c2O)c(O)cc1N=Nc1ccc2c(C)cc(SOOO)cc2c1. The van der Waals surface area contributed by atoms with Gasteiger partial charge >= 0.3 is 0 Å². The summed E-state index contributed by atoms with van der Waals surface area (Å²) < 4.78 is 4.56. The fourth-order valence-corrected chi connectivity index (χ4v) is 5.64. The minimum atomic E-state index is -0.298. The lowest BCUT2D eigenvalue weighted by Crippen LogP contribution is -1.83. The number of nitrogens with zero attached hydrogens (tertiary/aromatic N) is 6. The van der Waals surface area contributed by atoms with Gasteiger partial charge in [0.1, 0.15) is 17.1 Å². The van der Waals surface area contributed by atoms with Crippen LogP contribution >= 0.6 is 12.0 Å². The van der Waals surface area contributed by atoms with Gasteiger partial charge < -0.3 is 20.4 Å². The zero-order valence-electron chi connectivity index (χ0n) is 26.2. The summed E-state index contributed by atoms with van der Waals surface area (Å²) in [6, 6.07) is 23.5. The summed E-state index contributed by atoms with van der Waals surface area (Å²) in [4.78, 5) is 0.730. The molecule has 0 saturated carbocycles. The molecule has 5 N–H and O–H groups in total.